The van der Waals surface area contributed by atoms with Crippen molar-refractivity contribution in [3.8, 4) is 0 Å². The Morgan fingerprint density at radius 1 is 1.46 bits per heavy atom. The van der Waals surface area contributed by atoms with E-state index in [0.717, 1.165) is 24.3 Å². The maximum atomic E-state index is 12.2. The summed E-state index contributed by atoms with van der Waals surface area (Å²) in [5.41, 5.74) is 0. The molecule has 1 N–H and O–H groups in total. The second kappa shape index (κ2) is 4.46. The first-order valence-corrected chi connectivity index (χ1v) is 5.49. The molecule has 76 valence electrons. The average molecular weight is 230 g/mol. The fraction of sp³-hybridized carbons (Fsp3) is 0.857. The molecule has 2 nitrogen and oxygen atoms in total. The maximum Gasteiger partial charge on any atom is 0.399 e. The van der Waals surface area contributed by atoms with Crippen LogP contribution in [0, 0.1) is 0 Å². The van der Waals surface area contributed by atoms with E-state index in [1.54, 1.807) is 11.8 Å². The predicted molar refractivity (Wildman–Crippen MR) is 49.3 cm³/mol. The van der Waals surface area contributed by atoms with Crippen LogP contribution >= 0.6 is 23.4 Å². The Bertz CT molecular complexity index is 191. The number of hydrogen-bond donors (Lipinski definition) is 1. The molecule has 1 aliphatic rings. The highest BCUT2D eigenvalue weighted by molar-refractivity contribution is 7.99. The van der Waals surface area contributed by atoms with E-state index in [4.69, 9.17) is 0 Å². The fourth-order valence-electron chi connectivity index (χ4n) is 1.11. The van der Waals surface area contributed by atoms with Gasteiger partial charge in [0.15, 0.2) is 0 Å². The standard InChI is InChI=1S/C7H10ClF2NOS/c8-7(9,10)6(12)11-5-1-3-13-4-2-5/h5H,1-4H2,(H,11,12). The summed E-state index contributed by atoms with van der Waals surface area (Å²) in [6.07, 6.45) is 1.48. The van der Waals surface area contributed by atoms with Crippen LogP contribution in [-0.2, 0) is 4.79 Å². The maximum absolute atomic E-state index is 12.2. The molecular weight excluding hydrogens is 220 g/mol. The summed E-state index contributed by atoms with van der Waals surface area (Å²) in [4.78, 5) is 10.7. The molecule has 0 bridgehead atoms. The third-order valence-electron chi connectivity index (χ3n) is 1.81. The largest absolute Gasteiger partial charge is 0.399 e. The summed E-state index contributed by atoms with van der Waals surface area (Å²) >= 11 is 6.31. The van der Waals surface area contributed by atoms with Crippen LogP contribution in [0.5, 0.6) is 0 Å². The van der Waals surface area contributed by atoms with Gasteiger partial charge in [0.1, 0.15) is 0 Å². The van der Waals surface area contributed by atoms with Crippen molar-refractivity contribution in [2.24, 2.45) is 0 Å². The highest BCUT2D eigenvalue weighted by Gasteiger charge is 2.37. The zero-order valence-electron chi connectivity index (χ0n) is 6.86. The second-order valence-corrected chi connectivity index (χ2v) is 4.56. The summed E-state index contributed by atoms with van der Waals surface area (Å²) in [7, 11) is 0. The van der Waals surface area contributed by atoms with Gasteiger partial charge in [-0.05, 0) is 35.9 Å². The van der Waals surface area contributed by atoms with Crippen molar-refractivity contribution >= 4 is 29.3 Å². The van der Waals surface area contributed by atoms with E-state index in [-0.39, 0.29) is 6.04 Å². The highest BCUT2D eigenvalue weighted by Crippen LogP contribution is 2.21. The molecule has 0 atom stereocenters. The first kappa shape index (κ1) is 11.0. The van der Waals surface area contributed by atoms with Crippen molar-refractivity contribution in [3.63, 3.8) is 0 Å². The van der Waals surface area contributed by atoms with Crippen molar-refractivity contribution in [1.82, 2.24) is 5.32 Å². The van der Waals surface area contributed by atoms with Gasteiger partial charge in [-0.2, -0.15) is 20.5 Å². The van der Waals surface area contributed by atoms with Gasteiger partial charge in [-0.25, -0.2) is 0 Å². The smallest absolute Gasteiger partial charge is 0.347 e. The second-order valence-electron chi connectivity index (χ2n) is 2.86. The molecular formula is C7H10ClF2NOS. The van der Waals surface area contributed by atoms with Crippen LogP contribution in [0.4, 0.5) is 8.78 Å². The molecule has 0 saturated carbocycles. The number of nitrogens with one attached hydrogen (secondary N) is 1. The van der Waals surface area contributed by atoms with Gasteiger partial charge in [0.05, 0.1) is 0 Å². The van der Waals surface area contributed by atoms with Crippen LogP contribution in [-0.4, -0.2) is 28.8 Å². The molecule has 13 heavy (non-hydrogen) atoms. The van der Waals surface area contributed by atoms with E-state index in [0.29, 0.717) is 0 Å². The molecule has 6 heteroatoms. The molecule has 1 amide bonds. The van der Waals surface area contributed by atoms with Crippen LogP contribution in [0.3, 0.4) is 0 Å². The first-order chi connectivity index (χ1) is 6.00. The molecule has 1 saturated heterocycles. The minimum atomic E-state index is -3.77. The zero-order valence-corrected chi connectivity index (χ0v) is 8.43. The molecule has 0 radical (unpaired) electrons. The van der Waals surface area contributed by atoms with Crippen molar-refractivity contribution in [2.45, 2.75) is 24.3 Å². The molecule has 0 unspecified atom stereocenters. The topological polar surface area (TPSA) is 29.1 Å². The third kappa shape index (κ3) is 3.68. The van der Waals surface area contributed by atoms with Gasteiger partial charge < -0.3 is 5.32 Å². The Balaban J connectivity index is 2.35. The SMILES string of the molecule is O=C(NC1CCSCC1)C(F)(F)Cl. The number of thioether (sulfide) groups is 1. The zero-order chi connectivity index (χ0) is 9.90. The Labute approximate surface area is 84.4 Å². The molecule has 0 aliphatic carbocycles. The van der Waals surface area contributed by atoms with Crippen molar-refractivity contribution in [2.75, 3.05) is 11.5 Å². The van der Waals surface area contributed by atoms with Crippen molar-refractivity contribution in [1.29, 1.82) is 0 Å². The predicted octanol–water partition coefficient (Wildman–Crippen LogP) is 1.83. The summed E-state index contributed by atoms with van der Waals surface area (Å²) in [5, 5.41) is -1.55. The van der Waals surface area contributed by atoms with E-state index >= 15 is 0 Å². The number of carbonyl (C=O) groups is 1. The molecule has 0 aromatic heterocycles. The van der Waals surface area contributed by atoms with Gasteiger partial charge in [-0.1, -0.05) is 0 Å². The third-order valence-corrected chi connectivity index (χ3v) is 3.03. The molecule has 0 spiro atoms. The first-order valence-electron chi connectivity index (χ1n) is 3.95. The lowest BCUT2D eigenvalue weighted by Crippen LogP contribution is -2.44. The molecule has 1 heterocycles. The molecule has 1 aliphatic heterocycles. The van der Waals surface area contributed by atoms with E-state index in [9.17, 15) is 13.6 Å². The minimum Gasteiger partial charge on any atom is -0.347 e. The molecule has 1 rings (SSSR count). The van der Waals surface area contributed by atoms with Gasteiger partial charge in [0.25, 0.3) is 0 Å². The van der Waals surface area contributed by atoms with Crippen LogP contribution in [0.25, 0.3) is 0 Å². The monoisotopic (exact) mass is 229 g/mol. The van der Waals surface area contributed by atoms with E-state index in [1.165, 1.54) is 0 Å². The minimum absolute atomic E-state index is 0.140. The van der Waals surface area contributed by atoms with Crippen molar-refractivity contribution < 1.29 is 13.6 Å². The van der Waals surface area contributed by atoms with Crippen LogP contribution in [0.2, 0.25) is 0 Å². The van der Waals surface area contributed by atoms with Crippen LogP contribution in [0.1, 0.15) is 12.8 Å². The van der Waals surface area contributed by atoms with Crippen molar-refractivity contribution in [3.05, 3.63) is 0 Å². The number of halogens is 3. The van der Waals surface area contributed by atoms with E-state index < -0.39 is 11.3 Å². The Morgan fingerprint density at radius 2 is 2.00 bits per heavy atom. The quantitative estimate of drug-likeness (QED) is 0.732. The average Bonchev–Trinajstić information content (AvgIpc) is 2.04. The van der Waals surface area contributed by atoms with Gasteiger partial charge in [-0.15, -0.1) is 0 Å². The fourth-order valence-corrected chi connectivity index (χ4v) is 2.27. The number of carbonyl (C=O) groups excluding carboxylic acids is 1. The lowest BCUT2D eigenvalue weighted by Gasteiger charge is -2.23. The Morgan fingerprint density at radius 3 is 2.46 bits per heavy atom. The Kier molecular flexibility index (Phi) is 3.79. The van der Waals surface area contributed by atoms with Crippen LogP contribution in [0.15, 0.2) is 0 Å². The van der Waals surface area contributed by atoms with E-state index in [2.05, 4.69) is 16.9 Å². The number of alkyl halides is 3. The van der Waals surface area contributed by atoms with Gasteiger partial charge >= 0.3 is 11.3 Å². The van der Waals surface area contributed by atoms with E-state index in [1.807, 2.05) is 0 Å². The normalized spacial score (nSPS) is 19.9. The molecule has 0 aromatic rings. The summed E-state index contributed by atoms with van der Waals surface area (Å²) < 4.78 is 24.4. The Hall–Kier alpha value is -0.0300. The highest BCUT2D eigenvalue weighted by atomic mass is 35.5. The lowest BCUT2D eigenvalue weighted by molar-refractivity contribution is -0.136. The van der Waals surface area contributed by atoms with Gasteiger partial charge in [0, 0.05) is 6.04 Å². The summed E-state index contributed by atoms with van der Waals surface area (Å²) in [6.45, 7) is 0. The number of rotatable bonds is 2. The lowest BCUT2D eigenvalue weighted by atomic mass is 10.1. The number of hydrogen-bond acceptors (Lipinski definition) is 2. The van der Waals surface area contributed by atoms with Crippen LogP contribution < -0.4 is 5.32 Å². The molecule has 0 aromatic carbocycles. The molecule has 1 fully saturated rings. The van der Waals surface area contributed by atoms with Gasteiger partial charge in [0.2, 0.25) is 0 Å². The number of amides is 1. The summed E-state index contributed by atoms with van der Waals surface area (Å²) in [6, 6.07) is -0.140. The van der Waals surface area contributed by atoms with Gasteiger partial charge in [-0.3, -0.25) is 4.79 Å². The summed E-state index contributed by atoms with van der Waals surface area (Å²) in [5.74, 6) is 0.420.